The van der Waals surface area contributed by atoms with Crippen LogP contribution in [0.25, 0.3) is 0 Å². The minimum absolute atomic E-state index is 0.0486. The molecule has 2 fully saturated rings. The SMILES string of the molecule is C=CCNC(=O)C(=O)C(CC)NC(=O)[C@@H]1[C@@H]2[C@H](CN1C(=O)[C@@H](NC(=O)N[C@H](C(=O)OCc1ccccc1)[C@@H](C)CC)C(C)(C)C)C2(C)C. The summed E-state index contributed by atoms with van der Waals surface area (Å²) < 4.78 is 5.53. The molecule has 0 spiro atoms. The molecular formula is C36H53N5O7. The number of urea groups is 1. The first-order valence-electron chi connectivity index (χ1n) is 16.8. The van der Waals surface area contributed by atoms with Crippen molar-refractivity contribution in [3.05, 3.63) is 48.6 Å². The summed E-state index contributed by atoms with van der Waals surface area (Å²) in [5.41, 5.74) is -0.173. The van der Waals surface area contributed by atoms with Crippen molar-refractivity contribution in [2.24, 2.45) is 28.6 Å². The molecule has 48 heavy (non-hydrogen) atoms. The summed E-state index contributed by atoms with van der Waals surface area (Å²) in [4.78, 5) is 81.3. The van der Waals surface area contributed by atoms with Crippen molar-refractivity contribution < 1.29 is 33.5 Å². The largest absolute Gasteiger partial charge is 0.459 e. The molecule has 12 heteroatoms. The second kappa shape index (κ2) is 15.8. The Morgan fingerprint density at radius 3 is 2.23 bits per heavy atom. The second-order valence-corrected chi connectivity index (χ2v) is 14.6. The zero-order valence-electron chi connectivity index (χ0n) is 29.6. The van der Waals surface area contributed by atoms with E-state index in [2.05, 4.69) is 27.8 Å². The van der Waals surface area contributed by atoms with Crippen LogP contribution in [0.1, 0.15) is 73.8 Å². The number of piperidine rings is 1. The van der Waals surface area contributed by atoms with Crippen LogP contribution in [0.5, 0.6) is 0 Å². The van der Waals surface area contributed by atoms with Crippen molar-refractivity contribution in [3.8, 4) is 0 Å². The normalized spacial score (nSPS) is 21.8. The van der Waals surface area contributed by atoms with Crippen LogP contribution in [0.15, 0.2) is 43.0 Å². The van der Waals surface area contributed by atoms with Gasteiger partial charge in [0.05, 0.1) is 6.04 Å². The van der Waals surface area contributed by atoms with Crippen LogP contribution in [0.4, 0.5) is 4.79 Å². The van der Waals surface area contributed by atoms with E-state index in [-0.39, 0.29) is 42.7 Å². The zero-order chi connectivity index (χ0) is 36.0. The molecule has 0 radical (unpaired) electrons. The Hall–Kier alpha value is -4.22. The van der Waals surface area contributed by atoms with Gasteiger partial charge in [-0.2, -0.15) is 0 Å². The molecule has 1 aromatic rings. The van der Waals surface area contributed by atoms with Crippen molar-refractivity contribution in [2.75, 3.05) is 13.1 Å². The molecule has 0 aromatic heterocycles. The number of carbonyl (C=O) groups excluding carboxylic acids is 6. The molecular weight excluding hydrogens is 614 g/mol. The first-order valence-corrected chi connectivity index (χ1v) is 16.8. The molecule has 3 rings (SSSR count). The number of likely N-dealkylation sites (tertiary alicyclic amines) is 1. The number of nitrogens with zero attached hydrogens (tertiary/aromatic N) is 1. The Bertz CT molecular complexity index is 1370. The molecule has 7 atom stereocenters. The fourth-order valence-electron chi connectivity index (χ4n) is 6.45. The van der Waals surface area contributed by atoms with Crippen LogP contribution in [-0.2, 0) is 35.3 Å². The highest BCUT2D eigenvalue weighted by molar-refractivity contribution is 6.38. The molecule has 2 aliphatic rings. The zero-order valence-corrected chi connectivity index (χ0v) is 29.6. The number of fused-ring (bicyclic) bond motifs is 1. The van der Waals surface area contributed by atoms with Crippen molar-refractivity contribution in [1.29, 1.82) is 0 Å². The van der Waals surface area contributed by atoms with E-state index in [0.29, 0.717) is 13.0 Å². The van der Waals surface area contributed by atoms with Crippen LogP contribution in [0.3, 0.4) is 0 Å². The third-order valence-corrected chi connectivity index (χ3v) is 9.80. The maximum Gasteiger partial charge on any atom is 0.329 e. The quantitative estimate of drug-likeness (QED) is 0.127. The highest BCUT2D eigenvalue weighted by Crippen LogP contribution is 2.65. The van der Waals surface area contributed by atoms with Crippen LogP contribution in [0, 0.1) is 28.6 Å². The lowest BCUT2D eigenvalue weighted by Gasteiger charge is -2.38. The van der Waals surface area contributed by atoms with Gasteiger partial charge in [0.2, 0.25) is 17.6 Å². The predicted molar refractivity (Wildman–Crippen MR) is 181 cm³/mol. The van der Waals surface area contributed by atoms with Crippen LogP contribution in [0.2, 0.25) is 0 Å². The van der Waals surface area contributed by atoms with Gasteiger partial charge in [-0.05, 0) is 40.6 Å². The Kier molecular flexibility index (Phi) is 12.6. The number of benzene rings is 1. The molecule has 4 N–H and O–H groups in total. The number of carbonyl (C=O) groups is 6. The molecule has 1 saturated heterocycles. The van der Waals surface area contributed by atoms with E-state index in [1.807, 2.05) is 58.0 Å². The Morgan fingerprint density at radius 2 is 1.67 bits per heavy atom. The molecule has 1 aliphatic carbocycles. The summed E-state index contributed by atoms with van der Waals surface area (Å²) >= 11 is 0. The topological polar surface area (TPSA) is 163 Å². The molecule has 1 aliphatic heterocycles. The maximum absolute atomic E-state index is 14.3. The summed E-state index contributed by atoms with van der Waals surface area (Å²) in [5.74, 6) is -3.52. The third-order valence-electron chi connectivity index (χ3n) is 9.80. The van der Waals surface area contributed by atoms with E-state index in [9.17, 15) is 28.8 Å². The van der Waals surface area contributed by atoms with E-state index in [4.69, 9.17) is 4.74 Å². The molecule has 5 amide bonds. The number of amides is 5. The summed E-state index contributed by atoms with van der Waals surface area (Å²) in [7, 11) is 0. The van der Waals surface area contributed by atoms with E-state index < -0.39 is 65.1 Å². The van der Waals surface area contributed by atoms with Gasteiger partial charge in [-0.3, -0.25) is 19.2 Å². The van der Waals surface area contributed by atoms with Gasteiger partial charge >= 0.3 is 12.0 Å². The number of nitrogens with one attached hydrogen (secondary N) is 4. The van der Waals surface area contributed by atoms with E-state index in [0.717, 1.165) is 5.56 Å². The number of Topliss-reactive ketones (excluding diaryl/α,β-unsaturated/α-hetero) is 1. The fraction of sp³-hybridized carbons (Fsp3) is 0.611. The van der Waals surface area contributed by atoms with Gasteiger partial charge in [0.15, 0.2) is 0 Å². The number of rotatable bonds is 15. The molecule has 1 saturated carbocycles. The third kappa shape index (κ3) is 8.82. The maximum atomic E-state index is 14.3. The van der Waals surface area contributed by atoms with Crippen LogP contribution in [-0.4, -0.2) is 77.7 Å². The first kappa shape index (κ1) is 38.2. The lowest BCUT2D eigenvalue weighted by Crippen LogP contribution is -2.62. The minimum Gasteiger partial charge on any atom is -0.459 e. The highest BCUT2D eigenvalue weighted by Gasteiger charge is 2.70. The molecule has 0 bridgehead atoms. The smallest absolute Gasteiger partial charge is 0.329 e. The molecule has 264 valence electrons. The number of ether oxygens (including phenoxy) is 1. The standard InChI is InChI=1S/C36H53N5O7/c1-10-18-37-31(44)28(42)24(12-3)38-30(43)27-25-23(36(25,8)9)19-41(27)32(45)29(35(5,6)7)40-34(47)39-26(21(4)11-2)33(46)48-20-22-16-14-13-15-17-22/h10,13-17,21,23-27,29H,1,11-12,18-20H2,2-9H3,(H,37,44)(H,38,43)(H2,39,40,47)/t21-,23-,24?,25-,26-,27-,29+/m0/s1. The number of esters is 1. The van der Waals surface area contributed by atoms with Gasteiger partial charge in [0.25, 0.3) is 5.91 Å². The van der Waals surface area contributed by atoms with E-state index >= 15 is 0 Å². The average molecular weight is 668 g/mol. The molecule has 1 unspecified atom stereocenters. The molecule has 12 nitrogen and oxygen atoms in total. The Morgan fingerprint density at radius 1 is 1.02 bits per heavy atom. The van der Waals surface area contributed by atoms with Gasteiger partial charge in [-0.15, -0.1) is 6.58 Å². The number of hydrogen-bond donors (Lipinski definition) is 4. The van der Waals surface area contributed by atoms with Gasteiger partial charge in [-0.1, -0.05) is 98.2 Å². The van der Waals surface area contributed by atoms with Crippen LogP contribution < -0.4 is 21.3 Å². The summed E-state index contributed by atoms with van der Waals surface area (Å²) in [5, 5.41) is 10.7. The lowest BCUT2D eigenvalue weighted by atomic mass is 9.85. The predicted octanol–water partition coefficient (Wildman–Crippen LogP) is 3.11. The summed E-state index contributed by atoms with van der Waals surface area (Å²) in [6, 6.07) is 4.53. The van der Waals surface area contributed by atoms with Gasteiger partial charge in [0, 0.05) is 13.1 Å². The van der Waals surface area contributed by atoms with E-state index in [1.165, 1.54) is 11.0 Å². The summed E-state index contributed by atoms with van der Waals surface area (Å²) in [6.07, 6.45) is 2.22. The van der Waals surface area contributed by atoms with Crippen molar-refractivity contribution in [2.45, 2.75) is 99.0 Å². The molecule has 1 aromatic carbocycles. The van der Waals surface area contributed by atoms with Crippen molar-refractivity contribution in [3.63, 3.8) is 0 Å². The number of ketones is 1. The van der Waals surface area contributed by atoms with Gasteiger partial charge < -0.3 is 30.9 Å². The first-order chi connectivity index (χ1) is 22.5. The van der Waals surface area contributed by atoms with Gasteiger partial charge in [-0.25, -0.2) is 9.59 Å². The second-order valence-electron chi connectivity index (χ2n) is 14.6. The highest BCUT2D eigenvalue weighted by atomic mass is 16.5. The fourth-order valence-corrected chi connectivity index (χ4v) is 6.45. The van der Waals surface area contributed by atoms with E-state index in [1.54, 1.807) is 27.7 Å². The van der Waals surface area contributed by atoms with Crippen molar-refractivity contribution >= 4 is 35.5 Å². The van der Waals surface area contributed by atoms with Crippen molar-refractivity contribution in [1.82, 2.24) is 26.2 Å². The minimum atomic E-state index is -1.07. The average Bonchev–Trinajstić information content (AvgIpc) is 3.35. The monoisotopic (exact) mass is 667 g/mol. The number of hydrogen-bond acceptors (Lipinski definition) is 7. The Balaban J connectivity index is 1.78. The molecule has 1 heterocycles. The Labute approximate surface area is 284 Å². The van der Waals surface area contributed by atoms with Gasteiger partial charge in [0.1, 0.15) is 24.7 Å². The van der Waals surface area contributed by atoms with Crippen LogP contribution >= 0.6 is 0 Å². The summed E-state index contributed by atoms with van der Waals surface area (Å²) in [6.45, 7) is 18.9. The lowest BCUT2D eigenvalue weighted by molar-refractivity contribution is -0.148.